The van der Waals surface area contributed by atoms with Crippen molar-refractivity contribution in [1.29, 1.82) is 0 Å². The Hall–Kier alpha value is -0.590. The summed E-state index contributed by atoms with van der Waals surface area (Å²) < 4.78 is 5.22. The van der Waals surface area contributed by atoms with Crippen LogP contribution in [0.2, 0.25) is 0 Å². The van der Waals surface area contributed by atoms with Crippen LogP contribution in [-0.2, 0) is 6.54 Å². The first kappa shape index (κ1) is 12.5. The minimum Gasteiger partial charge on any atom is -0.415 e. The second kappa shape index (κ2) is 5.48. The SMILES string of the molecule is CCC(O)(CC)CSc1nnc(CN)o1. The highest BCUT2D eigenvalue weighted by atomic mass is 32.2. The molecule has 0 saturated carbocycles. The Kier molecular flexibility index (Phi) is 4.56. The van der Waals surface area contributed by atoms with E-state index in [1.54, 1.807) is 0 Å². The number of rotatable bonds is 6. The Balaban J connectivity index is 2.49. The van der Waals surface area contributed by atoms with Gasteiger partial charge in [0.2, 0.25) is 5.89 Å². The second-order valence-electron chi connectivity index (χ2n) is 3.39. The summed E-state index contributed by atoms with van der Waals surface area (Å²) in [5, 5.41) is 18.0. The van der Waals surface area contributed by atoms with Gasteiger partial charge in [-0.1, -0.05) is 25.6 Å². The normalized spacial score (nSPS) is 12.0. The van der Waals surface area contributed by atoms with Crippen LogP contribution in [0.15, 0.2) is 9.64 Å². The quantitative estimate of drug-likeness (QED) is 0.715. The van der Waals surface area contributed by atoms with E-state index in [0.717, 1.165) is 0 Å². The molecule has 0 atom stereocenters. The van der Waals surface area contributed by atoms with Crippen LogP contribution in [0, 0.1) is 0 Å². The first-order valence-electron chi connectivity index (χ1n) is 5.01. The second-order valence-corrected chi connectivity index (χ2v) is 4.31. The number of thioether (sulfide) groups is 1. The molecule has 0 fully saturated rings. The summed E-state index contributed by atoms with van der Waals surface area (Å²) >= 11 is 1.37. The molecule has 86 valence electrons. The highest BCUT2D eigenvalue weighted by Gasteiger charge is 2.23. The number of aliphatic hydroxyl groups is 1. The van der Waals surface area contributed by atoms with Gasteiger partial charge in [-0.25, -0.2) is 0 Å². The van der Waals surface area contributed by atoms with Crippen LogP contribution in [0.1, 0.15) is 32.6 Å². The molecule has 1 aromatic rings. The van der Waals surface area contributed by atoms with E-state index in [4.69, 9.17) is 10.2 Å². The van der Waals surface area contributed by atoms with Crippen molar-refractivity contribution in [2.75, 3.05) is 5.75 Å². The molecule has 1 aromatic heterocycles. The Morgan fingerprint density at radius 3 is 2.53 bits per heavy atom. The average molecular weight is 231 g/mol. The molecule has 0 aliphatic heterocycles. The lowest BCUT2D eigenvalue weighted by Crippen LogP contribution is -2.29. The van der Waals surface area contributed by atoms with E-state index >= 15 is 0 Å². The summed E-state index contributed by atoms with van der Waals surface area (Å²) in [5.74, 6) is 0.987. The molecule has 5 nitrogen and oxygen atoms in total. The van der Waals surface area contributed by atoms with Gasteiger partial charge in [0, 0.05) is 5.75 Å². The monoisotopic (exact) mass is 231 g/mol. The van der Waals surface area contributed by atoms with E-state index in [1.165, 1.54) is 11.8 Å². The van der Waals surface area contributed by atoms with Crippen molar-refractivity contribution >= 4 is 11.8 Å². The first-order chi connectivity index (χ1) is 7.13. The predicted molar refractivity (Wildman–Crippen MR) is 58.4 cm³/mol. The third-order valence-electron chi connectivity index (χ3n) is 2.40. The van der Waals surface area contributed by atoms with Gasteiger partial charge >= 0.3 is 0 Å². The van der Waals surface area contributed by atoms with Crippen molar-refractivity contribution in [3.05, 3.63) is 5.89 Å². The van der Waals surface area contributed by atoms with Gasteiger partial charge in [-0.15, -0.1) is 10.2 Å². The van der Waals surface area contributed by atoms with E-state index in [1.807, 2.05) is 13.8 Å². The molecule has 0 aliphatic rings. The van der Waals surface area contributed by atoms with E-state index in [2.05, 4.69) is 10.2 Å². The Labute approximate surface area is 93.4 Å². The lowest BCUT2D eigenvalue weighted by molar-refractivity contribution is 0.0569. The van der Waals surface area contributed by atoms with Gasteiger partial charge in [0.1, 0.15) is 0 Å². The van der Waals surface area contributed by atoms with Crippen LogP contribution in [-0.4, -0.2) is 26.7 Å². The average Bonchev–Trinajstić information content (AvgIpc) is 2.74. The fourth-order valence-electron chi connectivity index (χ4n) is 1.03. The first-order valence-corrected chi connectivity index (χ1v) is 5.99. The summed E-state index contributed by atoms with van der Waals surface area (Å²) in [6.07, 6.45) is 1.43. The third kappa shape index (κ3) is 3.48. The molecular formula is C9H17N3O2S. The number of hydrogen-bond acceptors (Lipinski definition) is 6. The summed E-state index contributed by atoms with van der Waals surface area (Å²) in [5.41, 5.74) is 4.69. The maximum Gasteiger partial charge on any atom is 0.276 e. The Morgan fingerprint density at radius 1 is 1.40 bits per heavy atom. The molecule has 3 N–H and O–H groups in total. The fraction of sp³-hybridized carbons (Fsp3) is 0.778. The number of hydrogen-bond donors (Lipinski definition) is 2. The van der Waals surface area contributed by atoms with Gasteiger partial charge in [0.25, 0.3) is 5.22 Å². The summed E-state index contributed by atoms with van der Waals surface area (Å²) in [6, 6.07) is 0. The standard InChI is InChI=1S/C9H17N3O2S/c1-3-9(13,4-2)6-15-8-12-11-7(5-10)14-8/h13H,3-6,10H2,1-2H3. The van der Waals surface area contributed by atoms with E-state index < -0.39 is 5.60 Å². The molecule has 0 saturated heterocycles. The molecule has 0 bridgehead atoms. The van der Waals surface area contributed by atoms with Crippen molar-refractivity contribution in [2.24, 2.45) is 5.73 Å². The molecule has 0 unspecified atom stereocenters. The van der Waals surface area contributed by atoms with Gasteiger partial charge in [0.15, 0.2) is 0 Å². The van der Waals surface area contributed by atoms with Gasteiger partial charge in [-0.3, -0.25) is 0 Å². The number of nitrogens with zero attached hydrogens (tertiary/aromatic N) is 2. The molecule has 15 heavy (non-hydrogen) atoms. The summed E-state index contributed by atoms with van der Waals surface area (Å²) in [7, 11) is 0. The smallest absolute Gasteiger partial charge is 0.276 e. The maximum absolute atomic E-state index is 10.0. The van der Waals surface area contributed by atoms with Crippen molar-refractivity contribution in [2.45, 2.75) is 44.1 Å². The predicted octanol–water partition coefficient (Wildman–Crippen LogP) is 1.17. The Morgan fingerprint density at radius 2 is 2.07 bits per heavy atom. The fourth-order valence-corrected chi connectivity index (χ4v) is 2.08. The zero-order chi connectivity index (χ0) is 11.3. The molecule has 0 amide bonds. The summed E-state index contributed by atoms with van der Waals surface area (Å²) in [4.78, 5) is 0. The van der Waals surface area contributed by atoms with Crippen molar-refractivity contribution in [1.82, 2.24) is 10.2 Å². The zero-order valence-corrected chi connectivity index (χ0v) is 9.88. The molecule has 6 heteroatoms. The molecule has 0 aromatic carbocycles. The van der Waals surface area contributed by atoms with Crippen LogP contribution in [0.5, 0.6) is 0 Å². The number of aromatic nitrogens is 2. The lowest BCUT2D eigenvalue weighted by Gasteiger charge is -2.23. The maximum atomic E-state index is 10.0. The minimum absolute atomic E-state index is 0.249. The summed E-state index contributed by atoms with van der Waals surface area (Å²) in [6.45, 7) is 4.17. The van der Waals surface area contributed by atoms with Crippen LogP contribution in [0.3, 0.4) is 0 Å². The molecule has 0 spiro atoms. The number of nitrogens with two attached hydrogens (primary N) is 1. The molecule has 1 rings (SSSR count). The van der Waals surface area contributed by atoms with Gasteiger partial charge in [0.05, 0.1) is 12.1 Å². The van der Waals surface area contributed by atoms with E-state index in [0.29, 0.717) is 29.7 Å². The van der Waals surface area contributed by atoms with E-state index in [9.17, 15) is 5.11 Å². The van der Waals surface area contributed by atoms with Crippen molar-refractivity contribution in [3.8, 4) is 0 Å². The van der Waals surface area contributed by atoms with Crippen LogP contribution in [0.25, 0.3) is 0 Å². The van der Waals surface area contributed by atoms with Crippen LogP contribution < -0.4 is 5.73 Å². The largest absolute Gasteiger partial charge is 0.415 e. The highest BCUT2D eigenvalue weighted by molar-refractivity contribution is 7.99. The minimum atomic E-state index is -0.651. The van der Waals surface area contributed by atoms with Gasteiger partial charge in [-0.05, 0) is 12.8 Å². The molecule has 0 aliphatic carbocycles. The molecular weight excluding hydrogens is 214 g/mol. The van der Waals surface area contributed by atoms with Crippen molar-refractivity contribution in [3.63, 3.8) is 0 Å². The zero-order valence-electron chi connectivity index (χ0n) is 9.06. The third-order valence-corrected chi connectivity index (χ3v) is 3.50. The van der Waals surface area contributed by atoms with Crippen LogP contribution in [0.4, 0.5) is 0 Å². The lowest BCUT2D eigenvalue weighted by atomic mass is 10.0. The highest BCUT2D eigenvalue weighted by Crippen LogP contribution is 2.25. The molecule has 0 radical (unpaired) electrons. The Bertz CT molecular complexity index is 299. The van der Waals surface area contributed by atoms with Gasteiger partial charge < -0.3 is 15.3 Å². The molecule has 1 heterocycles. The van der Waals surface area contributed by atoms with Crippen LogP contribution >= 0.6 is 11.8 Å². The van der Waals surface area contributed by atoms with E-state index in [-0.39, 0.29) is 6.54 Å². The van der Waals surface area contributed by atoms with Crippen molar-refractivity contribution < 1.29 is 9.52 Å². The topological polar surface area (TPSA) is 85.2 Å². The van der Waals surface area contributed by atoms with Gasteiger partial charge in [-0.2, -0.15) is 0 Å².